The molecule has 0 N–H and O–H groups in total. The number of hydrogen-bond acceptors (Lipinski definition) is 5. The molecule has 0 atom stereocenters. The summed E-state index contributed by atoms with van der Waals surface area (Å²) in [6, 6.07) is 5.97. The van der Waals surface area contributed by atoms with E-state index in [-0.39, 0.29) is 11.2 Å². The van der Waals surface area contributed by atoms with Crippen LogP contribution < -0.4 is 0 Å². The molecule has 1 aromatic heterocycles. The van der Waals surface area contributed by atoms with Crippen LogP contribution >= 0.6 is 0 Å². The van der Waals surface area contributed by atoms with Crippen molar-refractivity contribution in [1.82, 2.24) is 4.98 Å². The van der Waals surface area contributed by atoms with E-state index in [9.17, 15) is 0 Å². The molecule has 2 aliphatic heterocycles. The molecule has 3 heterocycles. The van der Waals surface area contributed by atoms with E-state index in [0.717, 1.165) is 50.2 Å². The van der Waals surface area contributed by atoms with Gasteiger partial charge in [-0.25, -0.2) is 15.0 Å². The molecule has 0 bridgehead atoms. The third kappa shape index (κ3) is 2.91. The van der Waals surface area contributed by atoms with Crippen LogP contribution in [0.1, 0.15) is 75.6 Å². The van der Waals surface area contributed by atoms with Crippen molar-refractivity contribution in [2.24, 2.45) is 9.98 Å². The topological polar surface area (TPSA) is 56.1 Å². The van der Waals surface area contributed by atoms with Gasteiger partial charge in [-0.2, -0.15) is 0 Å². The van der Waals surface area contributed by atoms with E-state index in [1.165, 1.54) is 38.5 Å². The summed E-state index contributed by atoms with van der Waals surface area (Å²) >= 11 is 0. The lowest BCUT2D eigenvalue weighted by molar-refractivity contribution is 0.0468. The van der Waals surface area contributed by atoms with Gasteiger partial charge in [-0.1, -0.05) is 18.9 Å². The molecule has 0 unspecified atom stereocenters. The standard InChI is InChI=1S/C21H27N3O2/c1-3-10-20(11-4-1)14-22-18(25-20)16-8-7-9-17(24-16)19-23-15-21(26-19)12-5-2-6-13-21/h7-9H,1-6,10-15H2. The zero-order valence-electron chi connectivity index (χ0n) is 15.4. The molecule has 5 rings (SSSR count). The largest absolute Gasteiger partial charge is 0.468 e. The zero-order valence-corrected chi connectivity index (χ0v) is 15.4. The molecule has 2 saturated carbocycles. The van der Waals surface area contributed by atoms with Crippen molar-refractivity contribution in [3.63, 3.8) is 0 Å². The first-order valence-electron chi connectivity index (χ1n) is 10.2. The van der Waals surface area contributed by atoms with Gasteiger partial charge in [-0.3, -0.25) is 0 Å². The first-order valence-corrected chi connectivity index (χ1v) is 10.2. The van der Waals surface area contributed by atoms with Gasteiger partial charge in [0.1, 0.15) is 22.6 Å². The van der Waals surface area contributed by atoms with Gasteiger partial charge in [0.05, 0.1) is 13.1 Å². The molecule has 5 nitrogen and oxygen atoms in total. The Morgan fingerprint density at radius 3 is 1.58 bits per heavy atom. The first-order chi connectivity index (χ1) is 12.8. The Labute approximate surface area is 154 Å². The number of hydrogen-bond donors (Lipinski definition) is 0. The van der Waals surface area contributed by atoms with E-state index in [4.69, 9.17) is 14.5 Å². The van der Waals surface area contributed by atoms with Gasteiger partial charge in [0, 0.05) is 0 Å². The van der Waals surface area contributed by atoms with Crippen LogP contribution in [0.25, 0.3) is 0 Å². The quantitative estimate of drug-likeness (QED) is 0.806. The van der Waals surface area contributed by atoms with Gasteiger partial charge < -0.3 is 9.47 Å². The van der Waals surface area contributed by atoms with Crippen LogP contribution in [0.15, 0.2) is 28.2 Å². The van der Waals surface area contributed by atoms with Crippen LogP contribution in [-0.4, -0.2) is 41.1 Å². The fourth-order valence-electron chi connectivity index (χ4n) is 4.82. The third-order valence-corrected chi connectivity index (χ3v) is 6.36. The minimum Gasteiger partial charge on any atom is -0.468 e. The van der Waals surface area contributed by atoms with Gasteiger partial charge in [0.2, 0.25) is 11.8 Å². The van der Waals surface area contributed by atoms with Crippen molar-refractivity contribution >= 4 is 11.8 Å². The van der Waals surface area contributed by atoms with Crippen molar-refractivity contribution in [2.75, 3.05) is 13.1 Å². The molecular weight excluding hydrogens is 326 g/mol. The summed E-state index contributed by atoms with van der Waals surface area (Å²) in [5.41, 5.74) is 1.47. The van der Waals surface area contributed by atoms with Crippen molar-refractivity contribution in [2.45, 2.75) is 75.4 Å². The monoisotopic (exact) mass is 353 g/mol. The van der Waals surface area contributed by atoms with Crippen LogP contribution in [0.3, 0.4) is 0 Å². The lowest BCUT2D eigenvalue weighted by atomic mass is 9.85. The number of aromatic nitrogens is 1. The molecule has 2 spiro atoms. The normalized spacial score (nSPS) is 26.3. The predicted octanol–water partition coefficient (Wildman–Crippen LogP) is 4.04. The first kappa shape index (κ1) is 16.3. The highest BCUT2D eigenvalue weighted by atomic mass is 16.5. The van der Waals surface area contributed by atoms with Crippen molar-refractivity contribution in [1.29, 1.82) is 0 Å². The van der Waals surface area contributed by atoms with E-state index in [0.29, 0.717) is 11.8 Å². The van der Waals surface area contributed by atoms with Crippen LogP contribution in [0.4, 0.5) is 0 Å². The molecule has 5 heteroatoms. The lowest BCUT2D eigenvalue weighted by Crippen LogP contribution is -2.36. The van der Waals surface area contributed by atoms with E-state index >= 15 is 0 Å². The van der Waals surface area contributed by atoms with E-state index < -0.39 is 0 Å². The minimum atomic E-state index is -0.0706. The predicted molar refractivity (Wildman–Crippen MR) is 101 cm³/mol. The smallest absolute Gasteiger partial charge is 0.236 e. The van der Waals surface area contributed by atoms with Gasteiger partial charge in [-0.05, 0) is 63.5 Å². The number of pyridine rings is 1. The number of nitrogens with zero attached hydrogens (tertiary/aromatic N) is 3. The Morgan fingerprint density at radius 2 is 1.12 bits per heavy atom. The minimum absolute atomic E-state index is 0.0706. The molecule has 0 amide bonds. The third-order valence-electron chi connectivity index (χ3n) is 6.36. The number of ether oxygens (including phenoxy) is 2. The fraction of sp³-hybridized carbons (Fsp3) is 0.667. The van der Waals surface area contributed by atoms with Crippen molar-refractivity contribution in [3.05, 3.63) is 29.6 Å². The second-order valence-corrected chi connectivity index (χ2v) is 8.34. The highest BCUT2D eigenvalue weighted by molar-refractivity contribution is 5.97. The molecule has 2 fully saturated rings. The Hall–Kier alpha value is -1.91. The maximum Gasteiger partial charge on any atom is 0.236 e. The molecular formula is C21H27N3O2. The van der Waals surface area contributed by atoms with Gasteiger partial charge in [0.25, 0.3) is 0 Å². The molecule has 0 radical (unpaired) electrons. The average molecular weight is 353 g/mol. The summed E-state index contributed by atoms with van der Waals surface area (Å²) in [6.07, 6.45) is 12.0. The molecule has 138 valence electrons. The SMILES string of the molecule is c1cc(C2=NCC3(CCCCC3)O2)nc(C2=NCC3(CCCCC3)O2)c1. The van der Waals surface area contributed by atoms with Crippen molar-refractivity contribution in [3.8, 4) is 0 Å². The summed E-state index contributed by atoms with van der Waals surface area (Å²) in [4.78, 5) is 14.2. The van der Waals surface area contributed by atoms with E-state index in [1.807, 2.05) is 18.2 Å². The van der Waals surface area contributed by atoms with E-state index in [2.05, 4.69) is 9.98 Å². The number of aliphatic imine (C=N–C) groups is 2. The van der Waals surface area contributed by atoms with Crippen LogP contribution in [0, 0.1) is 0 Å². The van der Waals surface area contributed by atoms with Crippen LogP contribution in [0.2, 0.25) is 0 Å². The second kappa shape index (κ2) is 6.36. The Balaban J connectivity index is 1.32. The maximum absolute atomic E-state index is 6.31. The number of rotatable bonds is 2. The average Bonchev–Trinajstić information content (AvgIpc) is 3.28. The van der Waals surface area contributed by atoms with Crippen LogP contribution in [0.5, 0.6) is 0 Å². The summed E-state index contributed by atoms with van der Waals surface area (Å²) in [5.74, 6) is 1.39. The fourth-order valence-corrected chi connectivity index (χ4v) is 4.82. The van der Waals surface area contributed by atoms with E-state index in [1.54, 1.807) is 0 Å². The summed E-state index contributed by atoms with van der Waals surface area (Å²) in [5, 5.41) is 0. The maximum atomic E-state index is 6.31. The summed E-state index contributed by atoms with van der Waals surface area (Å²) < 4.78 is 12.6. The van der Waals surface area contributed by atoms with Gasteiger partial charge >= 0.3 is 0 Å². The summed E-state index contributed by atoms with van der Waals surface area (Å²) in [7, 11) is 0. The highest BCUT2D eigenvalue weighted by Crippen LogP contribution is 2.37. The molecule has 0 aromatic carbocycles. The highest BCUT2D eigenvalue weighted by Gasteiger charge is 2.41. The summed E-state index contributed by atoms with van der Waals surface area (Å²) in [6.45, 7) is 1.55. The van der Waals surface area contributed by atoms with Crippen LogP contribution in [-0.2, 0) is 9.47 Å². The molecule has 0 saturated heterocycles. The Bertz CT molecular complexity index is 684. The Morgan fingerprint density at radius 1 is 0.654 bits per heavy atom. The molecule has 26 heavy (non-hydrogen) atoms. The molecule has 2 aliphatic carbocycles. The van der Waals surface area contributed by atoms with Gasteiger partial charge in [0.15, 0.2) is 0 Å². The zero-order chi connectivity index (χ0) is 17.5. The second-order valence-electron chi connectivity index (χ2n) is 8.34. The Kier molecular flexibility index (Phi) is 3.98. The van der Waals surface area contributed by atoms with Crippen molar-refractivity contribution < 1.29 is 9.47 Å². The molecule has 4 aliphatic rings. The lowest BCUT2D eigenvalue weighted by Gasteiger charge is -2.32. The van der Waals surface area contributed by atoms with Gasteiger partial charge in [-0.15, -0.1) is 0 Å². The molecule has 1 aromatic rings.